The van der Waals surface area contributed by atoms with E-state index in [4.69, 9.17) is 0 Å². The molecular formula is C16H28N4O. The lowest BCUT2D eigenvalue weighted by Gasteiger charge is -2.30. The minimum absolute atomic E-state index is 0.0442. The molecule has 2 heterocycles. The van der Waals surface area contributed by atoms with Gasteiger partial charge in [0.25, 0.3) is 5.56 Å². The van der Waals surface area contributed by atoms with Crippen LogP contribution in [0.1, 0.15) is 40.5 Å². The number of likely N-dealkylation sites (tertiary alicyclic amines) is 1. The largest absolute Gasteiger partial charge is 0.364 e. The van der Waals surface area contributed by atoms with Crippen LogP contribution in [-0.4, -0.2) is 40.6 Å². The van der Waals surface area contributed by atoms with Crippen molar-refractivity contribution in [2.24, 2.45) is 5.92 Å². The lowest BCUT2D eigenvalue weighted by molar-refractivity contribution is 0.199. The monoisotopic (exact) mass is 292 g/mol. The molecule has 0 amide bonds. The van der Waals surface area contributed by atoms with E-state index in [0.29, 0.717) is 5.82 Å². The van der Waals surface area contributed by atoms with E-state index >= 15 is 0 Å². The van der Waals surface area contributed by atoms with E-state index in [1.807, 2.05) is 20.8 Å². The Bertz CT molecular complexity index is 510. The lowest BCUT2D eigenvalue weighted by Crippen LogP contribution is -2.38. The van der Waals surface area contributed by atoms with Gasteiger partial charge < -0.3 is 14.8 Å². The van der Waals surface area contributed by atoms with Crippen LogP contribution in [0.2, 0.25) is 0 Å². The first-order chi connectivity index (χ1) is 9.88. The molecule has 5 nitrogen and oxygen atoms in total. The van der Waals surface area contributed by atoms with Crippen molar-refractivity contribution in [3.63, 3.8) is 0 Å². The van der Waals surface area contributed by atoms with Gasteiger partial charge in [-0.1, -0.05) is 6.92 Å². The van der Waals surface area contributed by atoms with Crippen LogP contribution in [0.25, 0.3) is 0 Å². The summed E-state index contributed by atoms with van der Waals surface area (Å²) in [4.78, 5) is 19.0. The molecule has 118 valence electrons. The second-order valence-electron chi connectivity index (χ2n) is 7.07. The fourth-order valence-corrected chi connectivity index (χ4v) is 2.68. The Morgan fingerprint density at radius 2 is 2.00 bits per heavy atom. The third-order valence-corrected chi connectivity index (χ3v) is 4.16. The van der Waals surface area contributed by atoms with Crippen molar-refractivity contribution in [2.45, 2.75) is 46.1 Å². The summed E-state index contributed by atoms with van der Waals surface area (Å²) in [5.41, 5.74) is -0.267. The van der Waals surface area contributed by atoms with Gasteiger partial charge in [-0.15, -0.1) is 0 Å². The first kappa shape index (κ1) is 16.0. The van der Waals surface area contributed by atoms with Gasteiger partial charge in [0.1, 0.15) is 0 Å². The molecule has 5 heteroatoms. The molecule has 1 aliphatic heterocycles. The topological polar surface area (TPSA) is 50.2 Å². The van der Waals surface area contributed by atoms with Gasteiger partial charge in [-0.3, -0.25) is 4.79 Å². The normalized spacial score (nSPS) is 17.9. The average molecular weight is 292 g/mol. The van der Waals surface area contributed by atoms with Crippen LogP contribution in [0.3, 0.4) is 0 Å². The molecule has 2 rings (SSSR count). The zero-order valence-electron chi connectivity index (χ0n) is 13.7. The van der Waals surface area contributed by atoms with Crippen LogP contribution in [0.15, 0.2) is 17.2 Å². The van der Waals surface area contributed by atoms with Gasteiger partial charge in [0.2, 0.25) is 0 Å². The summed E-state index contributed by atoms with van der Waals surface area (Å²) < 4.78 is 1.73. The molecule has 0 unspecified atom stereocenters. The Morgan fingerprint density at radius 1 is 1.33 bits per heavy atom. The van der Waals surface area contributed by atoms with Gasteiger partial charge >= 0.3 is 0 Å². The van der Waals surface area contributed by atoms with Gasteiger partial charge in [-0.05, 0) is 52.6 Å². The van der Waals surface area contributed by atoms with E-state index in [1.54, 1.807) is 17.0 Å². The van der Waals surface area contributed by atoms with Gasteiger partial charge in [-0.25, -0.2) is 4.98 Å². The third-order valence-electron chi connectivity index (χ3n) is 4.16. The van der Waals surface area contributed by atoms with Gasteiger partial charge in [0.15, 0.2) is 5.82 Å². The average Bonchev–Trinajstić information content (AvgIpc) is 2.41. The first-order valence-electron chi connectivity index (χ1n) is 7.92. The number of nitrogens with zero attached hydrogens (tertiary/aromatic N) is 3. The maximum atomic E-state index is 12.4. The molecule has 21 heavy (non-hydrogen) atoms. The highest BCUT2D eigenvalue weighted by atomic mass is 16.1. The van der Waals surface area contributed by atoms with Crippen LogP contribution < -0.4 is 10.9 Å². The number of piperidine rings is 1. The second-order valence-corrected chi connectivity index (χ2v) is 7.07. The molecule has 1 fully saturated rings. The molecule has 1 aromatic heterocycles. The van der Waals surface area contributed by atoms with Crippen LogP contribution in [0.4, 0.5) is 5.82 Å². The van der Waals surface area contributed by atoms with Crippen LogP contribution in [0, 0.1) is 5.92 Å². The zero-order valence-corrected chi connectivity index (χ0v) is 13.7. The number of nitrogens with one attached hydrogen (secondary N) is 1. The van der Waals surface area contributed by atoms with Crippen molar-refractivity contribution in [2.75, 3.05) is 31.5 Å². The zero-order chi connectivity index (χ0) is 15.5. The Hall–Kier alpha value is -1.36. The fourth-order valence-electron chi connectivity index (χ4n) is 2.68. The van der Waals surface area contributed by atoms with E-state index in [9.17, 15) is 4.79 Å². The summed E-state index contributed by atoms with van der Waals surface area (Å²) >= 11 is 0. The number of rotatable bonds is 4. The number of anilines is 1. The van der Waals surface area contributed by atoms with Gasteiger partial charge in [0, 0.05) is 31.0 Å². The van der Waals surface area contributed by atoms with E-state index in [0.717, 1.165) is 32.1 Å². The summed E-state index contributed by atoms with van der Waals surface area (Å²) in [5.74, 6) is 1.31. The predicted molar refractivity (Wildman–Crippen MR) is 86.8 cm³/mol. The molecule has 1 aromatic rings. The molecule has 0 atom stereocenters. The minimum Gasteiger partial charge on any atom is -0.364 e. The molecule has 1 aliphatic rings. The third kappa shape index (κ3) is 4.30. The van der Waals surface area contributed by atoms with Gasteiger partial charge in [0.05, 0.1) is 0 Å². The summed E-state index contributed by atoms with van der Waals surface area (Å²) in [6.45, 7) is 12.4. The van der Waals surface area contributed by atoms with Crippen molar-refractivity contribution in [3.8, 4) is 0 Å². The predicted octanol–water partition coefficient (Wildman–Crippen LogP) is 2.14. The Kier molecular flexibility index (Phi) is 5.04. The van der Waals surface area contributed by atoms with E-state index < -0.39 is 0 Å². The molecule has 1 saturated heterocycles. The molecule has 0 aromatic carbocycles. The highest BCUT2D eigenvalue weighted by molar-refractivity contribution is 5.31. The Morgan fingerprint density at radius 3 is 2.62 bits per heavy atom. The molecule has 0 aliphatic carbocycles. The van der Waals surface area contributed by atoms with Gasteiger partial charge in [-0.2, -0.15) is 0 Å². The van der Waals surface area contributed by atoms with E-state index in [2.05, 4.69) is 22.1 Å². The van der Waals surface area contributed by atoms with Crippen molar-refractivity contribution in [3.05, 3.63) is 22.7 Å². The molecule has 0 saturated carbocycles. The van der Waals surface area contributed by atoms with E-state index in [-0.39, 0.29) is 11.1 Å². The molecular weight excluding hydrogens is 264 g/mol. The van der Waals surface area contributed by atoms with Crippen molar-refractivity contribution in [1.82, 2.24) is 14.5 Å². The maximum absolute atomic E-state index is 12.4. The Balaban J connectivity index is 1.91. The highest BCUT2D eigenvalue weighted by Gasteiger charge is 2.17. The quantitative estimate of drug-likeness (QED) is 0.924. The summed E-state index contributed by atoms with van der Waals surface area (Å²) in [6.07, 6.45) is 6.00. The molecule has 0 spiro atoms. The number of hydrogen-bond donors (Lipinski definition) is 1. The standard InChI is InChI=1S/C16H28N4O/c1-13-5-9-19(10-6-13)11-7-17-14-15(21)20(12-8-18-14)16(2,3)4/h8,12-13H,5-7,9-11H2,1-4H3,(H,17,18). The van der Waals surface area contributed by atoms with Crippen molar-refractivity contribution >= 4 is 5.82 Å². The summed E-state index contributed by atoms with van der Waals surface area (Å²) in [6, 6.07) is 0. The summed E-state index contributed by atoms with van der Waals surface area (Å²) in [5, 5.41) is 3.20. The van der Waals surface area contributed by atoms with E-state index in [1.165, 1.54) is 12.8 Å². The first-order valence-corrected chi connectivity index (χ1v) is 7.92. The van der Waals surface area contributed by atoms with Crippen molar-refractivity contribution < 1.29 is 0 Å². The molecule has 1 N–H and O–H groups in total. The maximum Gasteiger partial charge on any atom is 0.293 e. The summed E-state index contributed by atoms with van der Waals surface area (Å²) in [7, 11) is 0. The minimum atomic E-state index is -0.223. The lowest BCUT2D eigenvalue weighted by atomic mass is 9.99. The second kappa shape index (κ2) is 6.60. The molecule has 0 bridgehead atoms. The van der Waals surface area contributed by atoms with Crippen LogP contribution >= 0.6 is 0 Å². The van der Waals surface area contributed by atoms with Crippen molar-refractivity contribution in [1.29, 1.82) is 0 Å². The SMILES string of the molecule is CC1CCN(CCNc2nccn(C(C)(C)C)c2=O)CC1. The Labute approximate surface area is 127 Å². The molecule has 0 radical (unpaired) electrons. The fraction of sp³-hybridized carbons (Fsp3) is 0.750. The smallest absolute Gasteiger partial charge is 0.293 e. The van der Waals surface area contributed by atoms with Crippen LogP contribution in [0.5, 0.6) is 0 Å². The van der Waals surface area contributed by atoms with Crippen LogP contribution in [-0.2, 0) is 5.54 Å². The highest BCUT2D eigenvalue weighted by Crippen LogP contribution is 2.15. The number of hydrogen-bond acceptors (Lipinski definition) is 4. The number of aromatic nitrogens is 2.